The van der Waals surface area contributed by atoms with Gasteiger partial charge in [-0.15, -0.1) is 6.58 Å². The molecular formula is C25H22N4O3S. The van der Waals surface area contributed by atoms with Gasteiger partial charge in [-0.25, -0.2) is 18.1 Å². The monoisotopic (exact) mass is 458 g/mol. The number of aromatic nitrogens is 2. The van der Waals surface area contributed by atoms with E-state index in [1.165, 1.54) is 6.08 Å². The number of benzene rings is 2. The summed E-state index contributed by atoms with van der Waals surface area (Å²) in [7, 11) is -3.45. The van der Waals surface area contributed by atoms with Crippen LogP contribution in [0.2, 0.25) is 0 Å². The van der Waals surface area contributed by atoms with E-state index >= 15 is 0 Å². The van der Waals surface area contributed by atoms with E-state index in [1.807, 2.05) is 36.4 Å². The molecule has 0 aliphatic carbocycles. The summed E-state index contributed by atoms with van der Waals surface area (Å²) in [6.45, 7) is 3.68. The van der Waals surface area contributed by atoms with Gasteiger partial charge in [-0.05, 0) is 42.0 Å². The number of amides is 1. The highest BCUT2D eigenvalue weighted by Gasteiger charge is 2.15. The van der Waals surface area contributed by atoms with Crippen LogP contribution < -0.4 is 10.0 Å². The summed E-state index contributed by atoms with van der Waals surface area (Å²) in [5, 5.41) is 3.64. The fourth-order valence-electron chi connectivity index (χ4n) is 3.37. The zero-order valence-corrected chi connectivity index (χ0v) is 18.5. The summed E-state index contributed by atoms with van der Waals surface area (Å²) < 4.78 is 26.5. The maximum absolute atomic E-state index is 13.2. The Hall–Kier alpha value is -3.88. The number of fused-ring (bicyclic) bond motifs is 1. The second-order valence-electron chi connectivity index (χ2n) is 7.36. The molecule has 7 nitrogen and oxygen atoms in total. The zero-order chi connectivity index (χ0) is 23.3. The van der Waals surface area contributed by atoms with Crippen molar-refractivity contribution in [1.29, 1.82) is 0 Å². The van der Waals surface area contributed by atoms with E-state index in [2.05, 4.69) is 26.6 Å². The number of carbonyl (C=O) groups is 1. The van der Waals surface area contributed by atoms with Crippen LogP contribution in [0.5, 0.6) is 0 Å². The van der Waals surface area contributed by atoms with Crippen LogP contribution in [0.25, 0.3) is 22.2 Å². The van der Waals surface area contributed by atoms with Crippen molar-refractivity contribution < 1.29 is 13.2 Å². The first-order valence-corrected chi connectivity index (χ1v) is 11.9. The Morgan fingerprint density at radius 1 is 1.00 bits per heavy atom. The molecule has 2 heterocycles. The van der Waals surface area contributed by atoms with Crippen LogP contribution in [0.4, 0.5) is 5.69 Å². The van der Waals surface area contributed by atoms with Gasteiger partial charge in [-0.2, -0.15) is 0 Å². The number of nitrogens with one attached hydrogen (secondary N) is 2. The molecule has 0 radical (unpaired) electrons. The Bertz CT molecular complexity index is 1400. The number of anilines is 1. The van der Waals surface area contributed by atoms with Gasteiger partial charge in [-0.3, -0.25) is 9.78 Å². The molecule has 0 spiro atoms. The molecule has 2 N–H and O–H groups in total. The molecule has 0 bridgehead atoms. The Morgan fingerprint density at radius 3 is 2.45 bits per heavy atom. The van der Waals surface area contributed by atoms with Crippen molar-refractivity contribution >= 4 is 32.5 Å². The van der Waals surface area contributed by atoms with Crippen LogP contribution in [0.3, 0.4) is 0 Å². The van der Waals surface area contributed by atoms with Crippen molar-refractivity contribution in [2.75, 3.05) is 11.9 Å². The molecule has 0 atom stereocenters. The van der Waals surface area contributed by atoms with Crippen LogP contribution in [0.15, 0.2) is 91.8 Å². The van der Waals surface area contributed by atoms with Crippen LogP contribution in [-0.4, -0.2) is 30.8 Å². The van der Waals surface area contributed by atoms with Crippen LogP contribution in [0, 0.1) is 0 Å². The Kier molecular flexibility index (Phi) is 6.58. The molecule has 1 amide bonds. The average molecular weight is 459 g/mol. The van der Waals surface area contributed by atoms with Gasteiger partial charge >= 0.3 is 0 Å². The number of para-hydroxylation sites is 1. The topological polar surface area (TPSA) is 101 Å². The van der Waals surface area contributed by atoms with E-state index in [9.17, 15) is 13.2 Å². The molecular weight excluding hydrogens is 436 g/mol. The summed E-state index contributed by atoms with van der Waals surface area (Å²) >= 11 is 0. The quantitative estimate of drug-likeness (QED) is 0.386. The SMILES string of the molecule is C=CCNS(=O)(=O)Cc1ccc(NC(=O)c2cc(-c3ccncc3)nc3ccccc23)cc1. The fraction of sp³-hybridized carbons (Fsp3) is 0.0800. The standard InChI is InChI=1S/C25H22N4O3S/c1-2-13-27-33(31,32)17-18-7-9-20(10-8-18)28-25(30)22-16-24(19-11-14-26-15-12-19)29-23-6-4-3-5-21(22)23/h2-12,14-16,27H,1,13,17H2,(H,28,30). The second kappa shape index (κ2) is 9.72. The maximum Gasteiger partial charge on any atom is 0.256 e. The van der Waals surface area contributed by atoms with Crippen LogP contribution in [0.1, 0.15) is 15.9 Å². The lowest BCUT2D eigenvalue weighted by molar-refractivity contribution is 0.102. The number of pyridine rings is 2. The van der Waals surface area contributed by atoms with E-state index in [4.69, 9.17) is 0 Å². The first-order chi connectivity index (χ1) is 15.9. The van der Waals surface area contributed by atoms with E-state index in [0.717, 1.165) is 10.9 Å². The molecule has 0 saturated heterocycles. The molecule has 2 aromatic carbocycles. The molecule has 4 aromatic rings. The molecule has 166 valence electrons. The summed E-state index contributed by atoms with van der Waals surface area (Å²) in [6.07, 6.45) is 4.85. The minimum Gasteiger partial charge on any atom is -0.322 e. The molecule has 8 heteroatoms. The lowest BCUT2D eigenvalue weighted by Crippen LogP contribution is -2.25. The lowest BCUT2D eigenvalue weighted by atomic mass is 10.0. The number of rotatable bonds is 8. The van der Waals surface area contributed by atoms with Gasteiger partial charge in [0.1, 0.15) is 0 Å². The largest absolute Gasteiger partial charge is 0.322 e. The highest BCUT2D eigenvalue weighted by molar-refractivity contribution is 7.88. The molecule has 2 aromatic heterocycles. The van der Waals surface area contributed by atoms with Crippen molar-refractivity contribution in [1.82, 2.24) is 14.7 Å². The van der Waals surface area contributed by atoms with E-state index in [0.29, 0.717) is 28.0 Å². The van der Waals surface area contributed by atoms with Gasteiger partial charge < -0.3 is 5.32 Å². The van der Waals surface area contributed by atoms with Gasteiger partial charge in [0.05, 0.1) is 22.5 Å². The van der Waals surface area contributed by atoms with Gasteiger partial charge in [0, 0.05) is 35.6 Å². The van der Waals surface area contributed by atoms with Crippen LogP contribution >= 0.6 is 0 Å². The van der Waals surface area contributed by atoms with E-state index in [-0.39, 0.29) is 18.2 Å². The van der Waals surface area contributed by atoms with Gasteiger partial charge in [-0.1, -0.05) is 36.4 Å². The highest BCUT2D eigenvalue weighted by atomic mass is 32.2. The van der Waals surface area contributed by atoms with Gasteiger partial charge in [0.25, 0.3) is 5.91 Å². The third kappa shape index (κ3) is 5.49. The number of hydrogen-bond donors (Lipinski definition) is 2. The van der Waals surface area contributed by atoms with Gasteiger partial charge in [0.15, 0.2) is 0 Å². The van der Waals surface area contributed by atoms with Crippen molar-refractivity contribution in [2.24, 2.45) is 0 Å². The third-order valence-corrected chi connectivity index (χ3v) is 6.27. The van der Waals surface area contributed by atoms with E-state index < -0.39 is 10.0 Å². The number of nitrogens with zero attached hydrogens (tertiary/aromatic N) is 2. The first kappa shape index (κ1) is 22.3. The predicted octanol–water partition coefficient (Wildman–Crippen LogP) is 4.15. The minimum absolute atomic E-state index is 0.153. The molecule has 0 aliphatic rings. The summed E-state index contributed by atoms with van der Waals surface area (Å²) in [6, 6.07) is 19.6. The number of carbonyl (C=O) groups excluding carboxylic acids is 1. The van der Waals surface area contributed by atoms with Crippen molar-refractivity contribution in [3.8, 4) is 11.3 Å². The van der Waals surface area contributed by atoms with Crippen molar-refractivity contribution in [3.05, 3.63) is 103 Å². The van der Waals surface area contributed by atoms with E-state index in [1.54, 1.807) is 42.7 Å². The molecule has 0 aliphatic heterocycles. The smallest absolute Gasteiger partial charge is 0.256 e. The average Bonchev–Trinajstić information content (AvgIpc) is 2.83. The molecule has 0 unspecified atom stereocenters. The summed E-state index contributed by atoms with van der Waals surface area (Å²) in [5.41, 5.74) is 3.91. The van der Waals surface area contributed by atoms with Crippen molar-refractivity contribution in [3.63, 3.8) is 0 Å². The molecule has 0 fully saturated rings. The predicted molar refractivity (Wildman–Crippen MR) is 130 cm³/mol. The van der Waals surface area contributed by atoms with Gasteiger partial charge in [0.2, 0.25) is 10.0 Å². The maximum atomic E-state index is 13.2. The van der Waals surface area contributed by atoms with Crippen LogP contribution in [-0.2, 0) is 15.8 Å². The second-order valence-corrected chi connectivity index (χ2v) is 9.16. The number of hydrogen-bond acceptors (Lipinski definition) is 5. The fourth-order valence-corrected chi connectivity index (χ4v) is 4.48. The molecule has 0 saturated carbocycles. The minimum atomic E-state index is -3.45. The zero-order valence-electron chi connectivity index (χ0n) is 17.7. The Morgan fingerprint density at radius 2 is 1.73 bits per heavy atom. The Labute approximate surface area is 192 Å². The lowest BCUT2D eigenvalue weighted by Gasteiger charge is -2.11. The summed E-state index contributed by atoms with van der Waals surface area (Å²) in [4.78, 5) is 21.9. The van der Waals surface area contributed by atoms with Crippen molar-refractivity contribution in [2.45, 2.75) is 5.75 Å². The molecule has 33 heavy (non-hydrogen) atoms. The highest BCUT2D eigenvalue weighted by Crippen LogP contribution is 2.25. The molecule has 4 rings (SSSR count). The third-order valence-electron chi connectivity index (χ3n) is 4.95. The Balaban J connectivity index is 1.58. The normalized spacial score (nSPS) is 11.3. The number of sulfonamides is 1. The summed E-state index contributed by atoms with van der Waals surface area (Å²) in [5.74, 6) is -0.434. The first-order valence-electron chi connectivity index (χ1n) is 10.2.